The molecule has 1 aromatic heterocycles. The summed E-state index contributed by atoms with van der Waals surface area (Å²) in [6, 6.07) is 7.97. The summed E-state index contributed by atoms with van der Waals surface area (Å²) in [5.41, 5.74) is 1.63. The summed E-state index contributed by atoms with van der Waals surface area (Å²) in [6.45, 7) is 5.52. The van der Waals surface area contributed by atoms with Crippen LogP contribution in [0.15, 0.2) is 33.5 Å². The van der Waals surface area contributed by atoms with E-state index in [2.05, 4.69) is 11.8 Å². The van der Waals surface area contributed by atoms with Gasteiger partial charge in [-0.2, -0.15) is 0 Å². The zero-order valence-electron chi connectivity index (χ0n) is 11.3. The molecule has 1 aromatic carbocycles. The maximum absolute atomic E-state index is 12.0. The first-order valence-corrected chi connectivity index (χ1v) is 7.12. The standard InChI is InChI=1S/C15H20N2O2/c1-2-9-16-10-7-12(8-11-16)17-13-5-3-4-6-14(13)19-15(17)18/h3-6,12H,2,7-11H2,1H3. The fourth-order valence-electron chi connectivity index (χ4n) is 3.05. The van der Waals surface area contributed by atoms with Crippen molar-refractivity contribution < 1.29 is 4.42 Å². The Hall–Kier alpha value is -1.55. The normalized spacial score (nSPS) is 18.2. The minimum Gasteiger partial charge on any atom is -0.408 e. The van der Waals surface area contributed by atoms with Crippen molar-refractivity contribution in [2.24, 2.45) is 0 Å². The SMILES string of the molecule is CCCN1CCC(n2c(=O)oc3ccccc32)CC1. The first kappa shape index (κ1) is 12.5. The van der Waals surface area contributed by atoms with Crippen LogP contribution in [0.25, 0.3) is 11.1 Å². The van der Waals surface area contributed by atoms with Crippen LogP contribution < -0.4 is 5.76 Å². The second-order valence-corrected chi connectivity index (χ2v) is 5.28. The van der Waals surface area contributed by atoms with E-state index in [1.165, 1.54) is 6.42 Å². The van der Waals surface area contributed by atoms with Crippen molar-refractivity contribution in [2.45, 2.75) is 32.2 Å². The molecule has 0 spiro atoms. The lowest BCUT2D eigenvalue weighted by Crippen LogP contribution is -2.36. The van der Waals surface area contributed by atoms with Crippen molar-refractivity contribution in [3.05, 3.63) is 34.8 Å². The van der Waals surface area contributed by atoms with E-state index < -0.39 is 0 Å². The molecule has 2 aromatic rings. The third kappa shape index (κ3) is 2.32. The van der Waals surface area contributed by atoms with Gasteiger partial charge in [-0.1, -0.05) is 19.1 Å². The molecule has 0 N–H and O–H groups in total. The highest BCUT2D eigenvalue weighted by Gasteiger charge is 2.23. The molecule has 0 saturated carbocycles. The third-order valence-electron chi connectivity index (χ3n) is 3.98. The Labute approximate surface area is 112 Å². The van der Waals surface area contributed by atoms with Gasteiger partial charge < -0.3 is 9.32 Å². The van der Waals surface area contributed by atoms with Gasteiger partial charge in [0.25, 0.3) is 0 Å². The summed E-state index contributed by atoms with van der Waals surface area (Å²) in [5.74, 6) is -0.213. The van der Waals surface area contributed by atoms with Crippen LogP contribution >= 0.6 is 0 Å². The van der Waals surface area contributed by atoms with Crippen LogP contribution in [0.2, 0.25) is 0 Å². The zero-order chi connectivity index (χ0) is 13.2. The van der Waals surface area contributed by atoms with Crippen LogP contribution in [0.4, 0.5) is 0 Å². The second-order valence-electron chi connectivity index (χ2n) is 5.28. The van der Waals surface area contributed by atoms with Gasteiger partial charge in [0.1, 0.15) is 0 Å². The lowest BCUT2D eigenvalue weighted by Gasteiger charge is -2.31. The minimum absolute atomic E-state index is 0.213. The number of fused-ring (bicyclic) bond motifs is 1. The number of likely N-dealkylation sites (tertiary alicyclic amines) is 1. The number of rotatable bonds is 3. The largest absolute Gasteiger partial charge is 0.420 e. The molecule has 0 atom stereocenters. The van der Waals surface area contributed by atoms with Crippen LogP contribution in [0, 0.1) is 0 Å². The number of oxazole rings is 1. The zero-order valence-corrected chi connectivity index (χ0v) is 11.3. The molecular formula is C15H20N2O2. The van der Waals surface area contributed by atoms with Crippen LogP contribution in [-0.4, -0.2) is 29.1 Å². The molecule has 102 valence electrons. The molecule has 1 fully saturated rings. The molecule has 1 aliphatic rings. The lowest BCUT2D eigenvalue weighted by molar-refractivity contribution is 0.184. The molecule has 0 radical (unpaired) electrons. The number of aromatic nitrogens is 1. The predicted molar refractivity (Wildman–Crippen MR) is 75.5 cm³/mol. The fraction of sp³-hybridized carbons (Fsp3) is 0.533. The highest BCUT2D eigenvalue weighted by atomic mass is 16.4. The van der Waals surface area contributed by atoms with Crippen molar-refractivity contribution >= 4 is 11.1 Å². The van der Waals surface area contributed by atoms with Crippen molar-refractivity contribution in [1.82, 2.24) is 9.47 Å². The maximum Gasteiger partial charge on any atom is 0.420 e. The van der Waals surface area contributed by atoms with E-state index in [9.17, 15) is 4.79 Å². The topological polar surface area (TPSA) is 38.4 Å². The van der Waals surface area contributed by atoms with Crippen LogP contribution in [0.1, 0.15) is 32.2 Å². The summed E-state index contributed by atoms with van der Waals surface area (Å²) >= 11 is 0. The maximum atomic E-state index is 12.0. The summed E-state index contributed by atoms with van der Waals surface area (Å²) < 4.78 is 7.17. The average Bonchev–Trinajstić information content (AvgIpc) is 2.76. The fourth-order valence-corrected chi connectivity index (χ4v) is 3.05. The second kappa shape index (κ2) is 5.21. The molecule has 1 saturated heterocycles. The number of hydrogen-bond acceptors (Lipinski definition) is 3. The van der Waals surface area contributed by atoms with E-state index in [1.807, 2.05) is 28.8 Å². The summed E-state index contributed by atoms with van der Waals surface area (Å²) in [6.07, 6.45) is 3.26. The Morgan fingerprint density at radius 1 is 1.26 bits per heavy atom. The van der Waals surface area contributed by atoms with Crippen molar-refractivity contribution in [2.75, 3.05) is 19.6 Å². The van der Waals surface area contributed by atoms with Gasteiger partial charge in [-0.15, -0.1) is 0 Å². The molecule has 0 aliphatic carbocycles. The van der Waals surface area contributed by atoms with E-state index in [4.69, 9.17) is 4.42 Å². The molecule has 4 heteroatoms. The Morgan fingerprint density at radius 2 is 2.00 bits per heavy atom. The van der Waals surface area contributed by atoms with Gasteiger partial charge in [0.2, 0.25) is 0 Å². The van der Waals surface area contributed by atoms with E-state index in [0.717, 1.165) is 38.0 Å². The number of benzene rings is 1. The number of hydrogen-bond donors (Lipinski definition) is 0. The third-order valence-corrected chi connectivity index (χ3v) is 3.98. The van der Waals surface area contributed by atoms with Gasteiger partial charge >= 0.3 is 5.76 Å². The van der Waals surface area contributed by atoms with E-state index >= 15 is 0 Å². The minimum atomic E-state index is -0.213. The van der Waals surface area contributed by atoms with E-state index in [1.54, 1.807) is 0 Å². The van der Waals surface area contributed by atoms with Crippen molar-refractivity contribution in [3.8, 4) is 0 Å². The number of piperidine rings is 1. The van der Waals surface area contributed by atoms with Gasteiger partial charge in [0, 0.05) is 19.1 Å². The first-order chi connectivity index (χ1) is 9.29. The predicted octanol–water partition coefficient (Wildman–Crippen LogP) is 2.64. The molecule has 0 unspecified atom stereocenters. The van der Waals surface area contributed by atoms with Gasteiger partial charge in [0.05, 0.1) is 5.52 Å². The van der Waals surface area contributed by atoms with Crippen LogP contribution in [0.3, 0.4) is 0 Å². The van der Waals surface area contributed by atoms with Crippen LogP contribution in [0.5, 0.6) is 0 Å². The quantitative estimate of drug-likeness (QED) is 0.851. The van der Waals surface area contributed by atoms with Crippen LogP contribution in [-0.2, 0) is 0 Å². The average molecular weight is 260 g/mol. The molecule has 4 nitrogen and oxygen atoms in total. The van der Waals surface area contributed by atoms with Crippen molar-refractivity contribution in [1.29, 1.82) is 0 Å². The van der Waals surface area contributed by atoms with E-state index in [0.29, 0.717) is 5.58 Å². The van der Waals surface area contributed by atoms with Crippen molar-refractivity contribution in [3.63, 3.8) is 0 Å². The molecular weight excluding hydrogens is 240 g/mol. The number of para-hydroxylation sites is 2. The molecule has 1 aliphatic heterocycles. The van der Waals surface area contributed by atoms with Gasteiger partial charge in [-0.05, 0) is 37.9 Å². The van der Waals surface area contributed by atoms with E-state index in [-0.39, 0.29) is 11.8 Å². The Morgan fingerprint density at radius 3 is 2.74 bits per heavy atom. The number of nitrogens with zero attached hydrogens (tertiary/aromatic N) is 2. The molecule has 2 heterocycles. The highest BCUT2D eigenvalue weighted by molar-refractivity contribution is 5.72. The van der Waals surface area contributed by atoms with Gasteiger partial charge in [0.15, 0.2) is 5.58 Å². The molecule has 0 amide bonds. The molecule has 19 heavy (non-hydrogen) atoms. The summed E-state index contributed by atoms with van der Waals surface area (Å²) in [4.78, 5) is 14.5. The monoisotopic (exact) mass is 260 g/mol. The first-order valence-electron chi connectivity index (χ1n) is 7.12. The molecule has 3 rings (SSSR count). The Kier molecular flexibility index (Phi) is 3.42. The highest BCUT2D eigenvalue weighted by Crippen LogP contribution is 2.25. The van der Waals surface area contributed by atoms with Gasteiger partial charge in [-0.3, -0.25) is 4.57 Å². The Balaban J connectivity index is 1.86. The van der Waals surface area contributed by atoms with Gasteiger partial charge in [-0.25, -0.2) is 4.79 Å². The Bertz CT molecular complexity index is 606. The smallest absolute Gasteiger partial charge is 0.408 e. The summed E-state index contributed by atoms with van der Waals surface area (Å²) in [5, 5.41) is 0. The summed E-state index contributed by atoms with van der Waals surface area (Å²) in [7, 11) is 0. The lowest BCUT2D eigenvalue weighted by atomic mass is 10.0. The molecule has 0 bridgehead atoms.